The van der Waals surface area contributed by atoms with Crippen LogP contribution in [0.15, 0.2) is 42.6 Å². The zero-order valence-electron chi connectivity index (χ0n) is 12.4. The van der Waals surface area contributed by atoms with Crippen LogP contribution in [0.3, 0.4) is 0 Å². The van der Waals surface area contributed by atoms with Crippen molar-refractivity contribution in [3.05, 3.63) is 65.2 Å². The van der Waals surface area contributed by atoms with Crippen molar-refractivity contribution in [1.29, 1.82) is 0 Å². The van der Waals surface area contributed by atoms with Crippen molar-refractivity contribution in [2.75, 3.05) is 19.6 Å². The van der Waals surface area contributed by atoms with Crippen LogP contribution in [0.1, 0.15) is 27.7 Å². The van der Waals surface area contributed by atoms with Gasteiger partial charge in [-0.25, -0.2) is 4.39 Å². The van der Waals surface area contributed by atoms with E-state index in [0.29, 0.717) is 18.7 Å². The van der Waals surface area contributed by atoms with Crippen LogP contribution in [0.4, 0.5) is 4.39 Å². The number of carbonyl (C=O) groups excluding carboxylic acids is 1. The summed E-state index contributed by atoms with van der Waals surface area (Å²) in [6.45, 7) is 3.83. The van der Waals surface area contributed by atoms with E-state index in [-0.39, 0.29) is 17.8 Å². The van der Waals surface area contributed by atoms with Gasteiger partial charge >= 0.3 is 0 Å². The van der Waals surface area contributed by atoms with Gasteiger partial charge in [-0.2, -0.15) is 0 Å². The van der Waals surface area contributed by atoms with Gasteiger partial charge in [0.05, 0.1) is 11.6 Å². The molecule has 1 fully saturated rings. The normalized spacial score (nSPS) is 18.3. The maximum absolute atomic E-state index is 13.5. The number of aryl methyl sites for hydroxylation is 1. The second-order valence-electron chi connectivity index (χ2n) is 5.46. The van der Waals surface area contributed by atoms with E-state index in [2.05, 4.69) is 10.3 Å². The SMILES string of the molecule is Cc1ccc(C(=O)N2CCNCC2c2cccc(F)c2)cn1. The van der Waals surface area contributed by atoms with Gasteiger partial charge in [0.2, 0.25) is 0 Å². The van der Waals surface area contributed by atoms with Crippen LogP contribution in [0.5, 0.6) is 0 Å². The van der Waals surface area contributed by atoms with Crippen molar-refractivity contribution >= 4 is 5.91 Å². The number of benzene rings is 1. The van der Waals surface area contributed by atoms with Gasteiger partial charge < -0.3 is 10.2 Å². The van der Waals surface area contributed by atoms with E-state index in [4.69, 9.17) is 0 Å². The molecule has 5 heteroatoms. The summed E-state index contributed by atoms with van der Waals surface area (Å²) in [5.41, 5.74) is 2.24. The summed E-state index contributed by atoms with van der Waals surface area (Å²) in [6.07, 6.45) is 1.60. The molecule has 1 aromatic heterocycles. The molecule has 0 radical (unpaired) electrons. The number of carbonyl (C=O) groups is 1. The van der Waals surface area contributed by atoms with Gasteiger partial charge in [0.15, 0.2) is 0 Å². The molecule has 0 spiro atoms. The number of amides is 1. The van der Waals surface area contributed by atoms with Gasteiger partial charge in [-0.15, -0.1) is 0 Å². The van der Waals surface area contributed by atoms with Gasteiger partial charge in [0, 0.05) is 31.5 Å². The van der Waals surface area contributed by atoms with Gasteiger partial charge in [-0.05, 0) is 36.8 Å². The summed E-state index contributed by atoms with van der Waals surface area (Å²) in [7, 11) is 0. The van der Waals surface area contributed by atoms with Crippen LogP contribution in [0.25, 0.3) is 0 Å². The third-order valence-electron chi connectivity index (χ3n) is 3.90. The predicted octanol–water partition coefficient (Wildman–Crippen LogP) is 2.32. The second-order valence-corrected chi connectivity index (χ2v) is 5.46. The third kappa shape index (κ3) is 2.99. The monoisotopic (exact) mass is 299 g/mol. The summed E-state index contributed by atoms with van der Waals surface area (Å²) in [5.74, 6) is -0.351. The lowest BCUT2D eigenvalue weighted by molar-refractivity contribution is 0.0633. The van der Waals surface area contributed by atoms with Crippen molar-refractivity contribution < 1.29 is 9.18 Å². The maximum Gasteiger partial charge on any atom is 0.256 e. The summed E-state index contributed by atoms with van der Waals surface area (Å²) in [6, 6.07) is 9.88. The Bertz CT molecular complexity index is 672. The van der Waals surface area contributed by atoms with Crippen molar-refractivity contribution in [3.63, 3.8) is 0 Å². The minimum atomic E-state index is -0.285. The summed E-state index contributed by atoms with van der Waals surface area (Å²) in [5, 5.41) is 3.27. The van der Waals surface area contributed by atoms with Crippen LogP contribution in [0, 0.1) is 12.7 Å². The van der Waals surface area contributed by atoms with Crippen LogP contribution >= 0.6 is 0 Å². The first-order chi connectivity index (χ1) is 10.6. The van der Waals surface area contributed by atoms with Gasteiger partial charge in [0.1, 0.15) is 5.82 Å². The molecule has 1 aromatic carbocycles. The molecule has 1 unspecified atom stereocenters. The highest BCUT2D eigenvalue weighted by Crippen LogP contribution is 2.24. The molecule has 1 aliphatic rings. The first-order valence-corrected chi connectivity index (χ1v) is 7.35. The number of rotatable bonds is 2. The molecule has 114 valence electrons. The molecule has 22 heavy (non-hydrogen) atoms. The Labute approximate surface area is 129 Å². The lowest BCUT2D eigenvalue weighted by Crippen LogP contribution is -2.48. The van der Waals surface area contributed by atoms with E-state index in [1.165, 1.54) is 12.1 Å². The molecule has 0 aliphatic carbocycles. The fourth-order valence-corrected chi connectivity index (χ4v) is 2.72. The highest BCUT2D eigenvalue weighted by atomic mass is 19.1. The molecule has 2 heterocycles. The van der Waals surface area contributed by atoms with Gasteiger partial charge in [0.25, 0.3) is 5.91 Å². The zero-order chi connectivity index (χ0) is 15.5. The molecule has 0 saturated carbocycles. The van der Waals surface area contributed by atoms with Crippen molar-refractivity contribution in [2.24, 2.45) is 0 Å². The molecule has 2 aromatic rings. The van der Waals surface area contributed by atoms with Gasteiger partial charge in [-0.3, -0.25) is 9.78 Å². The van der Waals surface area contributed by atoms with Gasteiger partial charge in [-0.1, -0.05) is 12.1 Å². The Hall–Kier alpha value is -2.27. The molecule has 1 N–H and O–H groups in total. The summed E-state index contributed by atoms with van der Waals surface area (Å²) < 4.78 is 13.5. The van der Waals surface area contributed by atoms with Crippen LogP contribution < -0.4 is 5.32 Å². The van der Waals surface area contributed by atoms with Crippen LogP contribution in [-0.2, 0) is 0 Å². The Morgan fingerprint density at radius 1 is 1.36 bits per heavy atom. The Kier molecular flexibility index (Phi) is 4.15. The number of hydrogen-bond acceptors (Lipinski definition) is 3. The Morgan fingerprint density at radius 3 is 2.95 bits per heavy atom. The standard InChI is InChI=1S/C17H18FN3O/c1-12-5-6-14(10-20-12)17(22)21-8-7-19-11-16(21)13-3-2-4-15(18)9-13/h2-6,9-10,16,19H,7-8,11H2,1H3. The smallest absolute Gasteiger partial charge is 0.256 e. The Morgan fingerprint density at radius 2 is 2.23 bits per heavy atom. The van der Waals surface area contributed by atoms with Crippen molar-refractivity contribution in [2.45, 2.75) is 13.0 Å². The average Bonchev–Trinajstić information content (AvgIpc) is 2.55. The van der Waals surface area contributed by atoms with Crippen molar-refractivity contribution in [3.8, 4) is 0 Å². The average molecular weight is 299 g/mol. The van der Waals surface area contributed by atoms with Crippen molar-refractivity contribution in [1.82, 2.24) is 15.2 Å². The first kappa shape index (κ1) is 14.7. The maximum atomic E-state index is 13.5. The predicted molar refractivity (Wildman–Crippen MR) is 82.0 cm³/mol. The molecule has 0 bridgehead atoms. The van der Waals surface area contributed by atoms with E-state index >= 15 is 0 Å². The second kappa shape index (κ2) is 6.23. The molecular formula is C17H18FN3O. The number of hydrogen-bond donors (Lipinski definition) is 1. The number of pyridine rings is 1. The number of piperazine rings is 1. The molecule has 1 amide bonds. The minimum Gasteiger partial charge on any atom is -0.329 e. The fourth-order valence-electron chi connectivity index (χ4n) is 2.72. The number of nitrogens with zero attached hydrogens (tertiary/aromatic N) is 2. The molecule has 3 rings (SSSR count). The third-order valence-corrected chi connectivity index (χ3v) is 3.90. The highest BCUT2D eigenvalue weighted by Gasteiger charge is 2.28. The van der Waals surface area contributed by atoms with Crippen LogP contribution in [-0.4, -0.2) is 35.4 Å². The lowest BCUT2D eigenvalue weighted by Gasteiger charge is -2.36. The van der Waals surface area contributed by atoms with E-state index in [0.717, 1.165) is 17.8 Å². The number of halogens is 1. The topological polar surface area (TPSA) is 45.2 Å². The van der Waals surface area contributed by atoms with E-state index in [1.807, 2.05) is 19.1 Å². The summed E-state index contributed by atoms with van der Waals surface area (Å²) >= 11 is 0. The van der Waals surface area contributed by atoms with E-state index in [1.54, 1.807) is 23.2 Å². The molecular weight excluding hydrogens is 281 g/mol. The number of aromatic nitrogens is 1. The quantitative estimate of drug-likeness (QED) is 0.925. The van der Waals surface area contributed by atoms with E-state index < -0.39 is 0 Å². The zero-order valence-corrected chi connectivity index (χ0v) is 12.4. The lowest BCUT2D eigenvalue weighted by atomic mass is 10.0. The molecule has 4 nitrogen and oxygen atoms in total. The minimum absolute atomic E-state index is 0.0664. The Balaban J connectivity index is 1.89. The molecule has 1 saturated heterocycles. The largest absolute Gasteiger partial charge is 0.329 e. The number of nitrogens with one attached hydrogen (secondary N) is 1. The van der Waals surface area contributed by atoms with E-state index in [9.17, 15) is 9.18 Å². The van der Waals surface area contributed by atoms with Crippen LogP contribution in [0.2, 0.25) is 0 Å². The highest BCUT2D eigenvalue weighted by molar-refractivity contribution is 5.94. The first-order valence-electron chi connectivity index (χ1n) is 7.35. The molecule has 1 atom stereocenters. The fraction of sp³-hybridized carbons (Fsp3) is 0.294. The molecule has 1 aliphatic heterocycles. The summed E-state index contributed by atoms with van der Waals surface area (Å²) in [4.78, 5) is 18.7.